The fraction of sp³-hybridized carbons (Fsp3) is 0.500. The molecule has 1 aliphatic carbocycles. The predicted molar refractivity (Wildman–Crippen MR) is 69.7 cm³/mol. The van der Waals surface area contributed by atoms with Crippen LogP contribution in [0.2, 0.25) is 0 Å². The van der Waals surface area contributed by atoms with Crippen molar-refractivity contribution in [2.75, 3.05) is 11.9 Å². The number of rotatable bonds is 3. The Balaban J connectivity index is 1.76. The van der Waals surface area contributed by atoms with E-state index in [0.29, 0.717) is 12.1 Å². The molecule has 3 atom stereocenters. The zero-order valence-electron chi connectivity index (χ0n) is 10.7. The van der Waals surface area contributed by atoms with Crippen LogP contribution >= 0.6 is 0 Å². The maximum atomic E-state index is 11.3. The molecule has 1 aliphatic heterocycles. The van der Waals surface area contributed by atoms with Gasteiger partial charge in [-0.25, -0.2) is 0 Å². The first-order chi connectivity index (χ1) is 8.63. The van der Waals surface area contributed by atoms with E-state index in [9.17, 15) is 4.79 Å². The van der Waals surface area contributed by atoms with Crippen LogP contribution in [0.15, 0.2) is 18.2 Å². The van der Waals surface area contributed by atoms with Crippen molar-refractivity contribution in [3.63, 3.8) is 0 Å². The van der Waals surface area contributed by atoms with Crippen molar-refractivity contribution in [1.82, 2.24) is 5.32 Å². The lowest BCUT2D eigenvalue weighted by atomic mass is 10.1. The molecule has 96 valence electrons. The van der Waals surface area contributed by atoms with Gasteiger partial charge in [0.2, 0.25) is 0 Å². The van der Waals surface area contributed by atoms with Gasteiger partial charge in [-0.3, -0.25) is 4.79 Å². The van der Waals surface area contributed by atoms with E-state index >= 15 is 0 Å². The quantitative estimate of drug-likeness (QED) is 0.858. The van der Waals surface area contributed by atoms with Crippen LogP contribution in [0.3, 0.4) is 0 Å². The molecule has 2 aliphatic rings. The molecule has 0 bridgehead atoms. The van der Waals surface area contributed by atoms with E-state index in [1.807, 2.05) is 12.1 Å². The highest BCUT2D eigenvalue weighted by molar-refractivity contribution is 5.95. The minimum absolute atomic E-state index is 0.0870. The summed E-state index contributed by atoms with van der Waals surface area (Å²) >= 11 is 0. The van der Waals surface area contributed by atoms with Gasteiger partial charge in [-0.15, -0.1) is 0 Å². The minimum atomic E-state index is -0.0870. The largest absolute Gasteiger partial charge is 0.482 e. The highest BCUT2D eigenvalue weighted by Crippen LogP contribution is 2.34. The summed E-state index contributed by atoms with van der Waals surface area (Å²) in [6.07, 6.45) is 1.26. The summed E-state index contributed by atoms with van der Waals surface area (Å²) < 4.78 is 5.35. The summed E-state index contributed by atoms with van der Waals surface area (Å²) in [7, 11) is 0. The maximum Gasteiger partial charge on any atom is 0.262 e. The summed E-state index contributed by atoms with van der Waals surface area (Å²) in [5, 5.41) is 6.43. The van der Waals surface area contributed by atoms with E-state index in [0.717, 1.165) is 17.4 Å². The monoisotopic (exact) mass is 246 g/mol. The lowest BCUT2D eigenvalue weighted by Crippen LogP contribution is -2.26. The molecule has 2 N–H and O–H groups in total. The standard InChI is InChI=1S/C14H18N2O2/c1-8-5-11(8)15-9(2)10-3-4-13-12(6-10)16-14(17)7-18-13/h3-4,6,8-9,11,15H,5,7H2,1-2H3,(H,16,17). The lowest BCUT2D eigenvalue weighted by Gasteiger charge is -2.21. The van der Waals surface area contributed by atoms with E-state index in [-0.39, 0.29) is 12.5 Å². The molecule has 0 radical (unpaired) electrons. The highest BCUT2D eigenvalue weighted by atomic mass is 16.5. The fourth-order valence-corrected chi connectivity index (χ4v) is 2.34. The van der Waals surface area contributed by atoms with Crippen molar-refractivity contribution in [3.8, 4) is 5.75 Å². The fourth-order valence-electron chi connectivity index (χ4n) is 2.34. The number of amides is 1. The summed E-state index contributed by atoms with van der Waals surface area (Å²) in [6.45, 7) is 4.52. The molecule has 4 nitrogen and oxygen atoms in total. The average Bonchev–Trinajstić information content (AvgIpc) is 3.03. The van der Waals surface area contributed by atoms with E-state index in [1.54, 1.807) is 0 Å². The van der Waals surface area contributed by atoms with Crippen LogP contribution in [0.25, 0.3) is 0 Å². The van der Waals surface area contributed by atoms with Gasteiger partial charge in [-0.2, -0.15) is 0 Å². The molecule has 4 heteroatoms. The van der Waals surface area contributed by atoms with E-state index in [4.69, 9.17) is 4.74 Å². The molecule has 1 aromatic carbocycles. The molecule has 1 aromatic rings. The molecule has 3 rings (SSSR count). The van der Waals surface area contributed by atoms with Crippen LogP contribution in [-0.4, -0.2) is 18.6 Å². The van der Waals surface area contributed by atoms with Gasteiger partial charge in [-0.1, -0.05) is 13.0 Å². The van der Waals surface area contributed by atoms with Crippen LogP contribution in [0.1, 0.15) is 31.9 Å². The highest BCUT2D eigenvalue weighted by Gasteiger charge is 2.33. The molecule has 1 amide bonds. The molecule has 1 fully saturated rings. The number of benzene rings is 1. The SMILES string of the molecule is CC(NC1CC1C)c1ccc2c(c1)NC(=O)CO2. The first-order valence-electron chi connectivity index (χ1n) is 6.46. The van der Waals surface area contributed by atoms with E-state index in [2.05, 4.69) is 30.5 Å². The van der Waals surface area contributed by atoms with Gasteiger partial charge in [0, 0.05) is 12.1 Å². The average molecular weight is 246 g/mol. The number of ether oxygens (including phenoxy) is 1. The topological polar surface area (TPSA) is 50.4 Å². The third-order valence-corrected chi connectivity index (χ3v) is 3.71. The lowest BCUT2D eigenvalue weighted by molar-refractivity contribution is -0.118. The second-order valence-electron chi connectivity index (χ2n) is 5.30. The summed E-state index contributed by atoms with van der Waals surface area (Å²) in [6, 6.07) is 6.92. The van der Waals surface area contributed by atoms with Gasteiger partial charge in [-0.05, 0) is 37.0 Å². The number of hydrogen-bond donors (Lipinski definition) is 2. The smallest absolute Gasteiger partial charge is 0.262 e. The number of hydrogen-bond acceptors (Lipinski definition) is 3. The first kappa shape index (κ1) is 11.5. The number of anilines is 1. The number of carbonyl (C=O) groups is 1. The van der Waals surface area contributed by atoms with E-state index < -0.39 is 0 Å². The predicted octanol–water partition coefficient (Wildman–Crippen LogP) is 2.08. The van der Waals surface area contributed by atoms with Crippen molar-refractivity contribution in [2.24, 2.45) is 5.92 Å². The molecular weight excluding hydrogens is 228 g/mol. The Morgan fingerprint density at radius 2 is 2.28 bits per heavy atom. The molecular formula is C14H18N2O2. The molecule has 0 aromatic heterocycles. The van der Waals surface area contributed by atoms with Gasteiger partial charge in [0.25, 0.3) is 5.91 Å². The maximum absolute atomic E-state index is 11.3. The van der Waals surface area contributed by atoms with Crippen molar-refractivity contribution in [2.45, 2.75) is 32.4 Å². The zero-order valence-corrected chi connectivity index (χ0v) is 10.7. The van der Waals surface area contributed by atoms with Gasteiger partial charge in [0.1, 0.15) is 5.75 Å². The Bertz CT molecular complexity index is 487. The van der Waals surface area contributed by atoms with Gasteiger partial charge in [0.15, 0.2) is 6.61 Å². The van der Waals surface area contributed by atoms with Crippen molar-refractivity contribution < 1.29 is 9.53 Å². The normalized spacial score (nSPS) is 26.9. The van der Waals surface area contributed by atoms with Crippen LogP contribution in [0.4, 0.5) is 5.69 Å². The number of fused-ring (bicyclic) bond motifs is 1. The number of nitrogens with one attached hydrogen (secondary N) is 2. The van der Waals surface area contributed by atoms with Crippen molar-refractivity contribution >= 4 is 11.6 Å². The Labute approximate surface area is 107 Å². The van der Waals surface area contributed by atoms with Gasteiger partial charge < -0.3 is 15.4 Å². The summed E-state index contributed by atoms with van der Waals surface area (Å²) in [4.78, 5) is 11.3. The second-order valence-corrected chi connectivity index (χ2v) is 5.30. The first-order valence-corrected chi connectivity index (χ1v) is 6.46. The summed E-state index contributed by atoms with van der Waals surface area (Å²) in [5.41, 5.74) is 1.96. The second kappa shape index (κ2) is 4.28. The van der Waals surface area contributed by atoms with E-state index in [1.165, 1.54) is 12.0 Å². The van der Waals surface area contributed by atoms with Crippen LogP contribution in [0, 0.1) is 5.92 Å². The van der Waals surface area contributed by atoms with Crippen LogP contribution < -0.4 is 15.4 Å². The molecule has 3 unspecified atom stereocenters. The third kappa shape index (κ3) is 2.20. The molecule has 18 heavy (non-hydrogen) atoms. The van der Waals surface area contributed by atoms with Crippen molar-refractivity contribution in [3.05, 3.63) is 23.8 Å². The molecule has 1 saturated carbocycles. The van der Waals surface area contributed by atoms with Crippen LogP contribution in [0.5, 0.6) is 5.75 Å². The van der Waals surface area contributed by atoms with Crippen LogP contribution in [-0.2, 0) is 4.79 Å². The molecule has 1 heterocycles. The Kier molecular flexibility index (Phi) is 2.74. The Morgan fingerprint density at radius 1 is 1.50 bits per heavy atom. The molecule has 0 saturated heterocycles. The van der Waals surface area contributed by atoms with Gasteiger partial charge >= 0.3 is 0 Å². The third-order valence-electron chi connectivity index (χ3n) is 3.71. The van der Waals surface area contributed by atoms with Gasteiger partial charge in [0.05, 0.1) is 5.69 Å². The summed E-state index contributed by atoms with van der Waals surface area (Å²) in [5.74, 6) is 1.45. The minimum Gasteiger partial charge on any atom is -0.482 e. The Morgan fingerprint density at radius 3 is 3.00 bits per heavy atom. The Hall–Kier alpha value is -1.55. The molecule has 0 spiro atoms. The van der Waals surface area contributed by atoms with Crippen molar-refractivity contribution in [1.29, 1.82) is 0 Å². The zero-order chi connectivity index (χ0) is 12.7. The number of carbonyl (C=O) groups excluding carboxylic acids is 1.